The van der Waals surface area contributed by atoms with E-state index in [1.54, 1.807) is 55.6 Å². The van der Waals surface area contributed by atoms with Gasteiger partial charge in [0, 0.05) is 19.4 Å². The smallest absolute Gasteiger partial charge is 0.497 e. The molecule has 0 fully saturated rings. The fourth-order valence-corrected chi connectivity index (χ4v) is 8.51. The molecule has 0 bridgehead atoms. The van der Waals surface area contributed by atoms with Crippen molar-refractivity contribution in [1.82, 2.24) is 16.0 Å². The van der Waals surface area contributed by atoms with Crippen molar-refractivity contribution < 1.29 is 46.8 Å². The van der Waals surface area contributed by atoms with Crippen molar-refractivity contribution >= 4 is 42.3 Å². The van der Waals surface area contributed by atoms with Crippen LogP contribution in [0.2, 0.25) is 0 Å². The van der Waals surface area contributed by atoms with Gasteiger partial charge in [-0.05, 0) is 74.8 Å². The highest BCUT2D eigenvalue weighted by Crippen LogP contribution is 2.51. The molecule has 3 amide bonds. The SMILES string of the molecule is COc1ccc(CNC(=O)[C@H](CCC(=O)OCc2ccccc2)NC(=O)[C@H](Cc2ccc(OP(=O)(OCc3ccccc3)OCc3ccccc3)cc2)NC(=O)Cc2cccc3ccccc23)cc1. The van der Waals surface area contributed by atoms with Crippen molar-refractivity contribution in [2.45, 2.75) is 64.1 Å². The second kappa shape index (κ2) is 25.0. The van der Waals surface area contributed by atoms with Crippen molar-refractivity contribution in [3.8, 4) is 11.5 Å². The molecule has 13 nitrogen and oxygen atoms in total. The van der Waals surface area contributed by atoms with E-state index >= 15 is 0 Å². The number of nitrogens with one attached hydrogen (secondary N) is 3. The predicted octanol–water partition coefficient (Wildman–Crippen LogP) is 9.36. The van der Waals surface area contributed by atoms with Crippen LogP contribution >= 0.6 is 7.82 Å². The number of carbonyl (C=O) groups is 4. The molecule has 0 spiro atoms. The number of phosphoric acid groups is 1. The van der Waals surface area contributed by atoms with Crippen molar-refractivity contribution in [1.29, 1.82) is 0 Å². The largest absolute Gasteiger partial charge is 0.530 e. The number of amides is 3. The lowest BCUT2D eigenvalue weighted by molar-refractivity contribution is -0.145. The number of hydrogen-bond donors (Lipinski definition) is 3. The summed E-state index contributed by atoms with van der Waals surface area (Å²) < 4.78 is 42.4. The maximum absolute atomic E-state index is 14.5. The Morgan fingerprint density at radius 3 is 1.71 bits per heavy atom. The molecule has 0 saturated heterocycles. The van der Waals surface area contributed by atoms with Gasteiger partial charge in [0.15, 0.2) is 0 Å². The zero-order valence-corrected chi connectivity index (χ0v) is 39.1. The van der Waals surface area contributed by atoms with Gasteiger partial charge < -0.3 is 29.9 Å². The van der Waals surface area contributed by atoms with E-state index in [0.717, 1.165) is 38.6 Å². The first-order valence-corrected chi connectivity index (χ1v) is 24.0. The summed E-state index contributed by atoms with van der Waals surface area (Å²) in [7, 11) is -2.63. The molecule has 0 aliphatic rings. The molecule has 0 heterocycles. The van der Waals surface area contributed by atoms with Gasteiger partial charge in [0.05, 0.1) is 26.7 Å². The van der Waals surface area contributed by atoms with Crippen LogP contribution in [0.15, 0.2) is 182 Å². The average Bonchev–Trinajstić information content (AvgIpc) is 3.39. The number of phosphoric ester groups is 1. The number of fused-ring (bicyclic) bond motifs is 1. The van der Waals surface area contributed by atoms with Crippen molar-refractivity contribution in [3.05, 3.63) is 215 Å². The summed E-state index contributed by atoms with van der Waals surface area (Å²) in [5, 5.41) is 10.5. The normalized spacial score (nSPS) is 12.0. The molecule has 0 unspecified atom stereocenters. The van der Waals surface area contributed by atoms with E-state index < -0.39 is 43.6 Å². The Kier molecular flexibility index (Phi) is 17.9. The lowest BCUT2D eigenvalue weighted by Crippen LogP contribution is -2.54. The third kappa shape index (κ3) is 15.5. The number of carbonyl (C=O) groups excluding carboxylic acids is 4. The summed E-state index contributed by atoms with van der Waals surface area (Å²) in [6.07, 6.45) is -0.311. The highest BCUT2D eigenvalue weighted by atomic mass is 31.2. The Bertz CT molecular complexity index is 2760. The van der Waals surface area contributed by atoms with Crippen LogP contribution in [0.25, 0.3) is 10.8 Å². The maximum Gasteiger partial charge on any atom is 0.530 e. The molecular weight excluding hydrogens is 894 g/mol. The Morgan fingerprint density at radius 2 is 1.09 bits per heavy atom. The van der Waals surface area contributed by atoms with E-state index in [2.05, 4.69) is 16.0 Å². The lowest BCUT2D eigenvalue weighted by Gasteiger charge is -2.24. The van der Waals surface area contributed by atoms with Crippen LogP contribution < -0.4 is 25.2 Å². The standard InChI is InChI=1S/C55H54N3O10P/c1-64-47-28-26-41(27-29-47)36-56-54(61)50(32-33-53(60)65-37-42-14-5-2-6-15-42)58-55(62)51(57-52(59)35-46-22-13-21-45-20-11-12-23-49(45)46)34-40-24-30-48(31-25-40)68-69(63,66-38-43-16-7-3-8-17-43)67-39-44-18-9-4-10-19-44/h2-31,50-51H,32-39H2,1H3,(H,56,61)(H,57,59)(H,58,62)/t50-,51-/m0/s1. The molecule has 0 radical (unpaired) electrons. The van der Waals surface area contributed by atoms with Crippen LogP contribution in [0, 0.1) is 0 Å². The fraction of sp³-hybridized carbons (Fsp3) is 0.200. The quantitative estimate of drug-likeness (QED) is 0.0392. The zero-order valence-electron chi connectivity index (χ0n) is 38.2. The van der Waals surface area contributed by atoms with E-state index in [-0.39, 0.29) is 57.8 Å². The summed E-state index contributed by atoms with van der Waals surface area (Å²) >= 11 is 0. The molecule has 0 aliphatic heterocycles. The summed E-state index contributed by atoms with van der Waals surface area (Å²) in [6.45, 7) is 0.119. The molecule has 0 saturated carbocycles. The fourth-order valence-electron chi connectivity index (χ4n) is 7.34. The number of esters is 1. The summed E-state index contributed by atoms with van der Waals surface area (Å²) in [6, 6.07) is 52.3. The molecule has 7 rings (SSSR count). The van der Waals surface area contributed by atoms with Crippen molar-refractivity contribution in [2.24, 2.45) is 0 Å². The van der Waals surface area contributed by atoms with Gasteiger partial charge in [-0.1, -0.05) is 158 Å². The Balaban J connectivity index is 1.09. The van der Waals surface area contributed by atoms with Crippen LogP contribution in [-0.2, 0) is 76.7 Å². The predicted molar refractivity (Wildman–Crippen MR) is 263 cm³/mol. The summed E-state index contributed by atoms with van der Waals surface area (Å²) in [5.41, 5.74) is 4.49. The van der Waals surface area contributed by atoms with E-state index in [1.807, 2.05) is 133 Å². The topological polar surface area (TPSA) is 168 Å². The van der Waals surface area contributed by atoms with Crippen LogP contribution in [0.3, 0.4) is 0 Å². The minimum absolute atomic E-state index is 0.0145. The summed E-state index contributed by atoms with van der Waals surface area (Å²) in [5.74, 6) is -1.34. The molecule has 2 atom stereocenters. The summed E-state index contributed by atoms with van der Waals surface area (Å²) in [4.78, 5) is 55.3. The number of hydrogen-bond acceptors (Lipinski definition) is 10. The first kappa shape index (κ1) is 49.3. The lowest BCUT2D eigenvalue weighted by atomic mass is 10.0. The number of ether oxygens (including phenoxy) is 2. The highest BCUT2D eigenvalue weighted by Gasteiger charge is 2.31. The Labute approximate surface area is 401 Å². The molecule has 354 valence electrons. The second-order valence-electron chi connectivity index (χ2n) is 16.2. The van der Waals surface area contributed by atoms with Crippen molar-refractivity contribution in [3.63, 3.8) is 0 Å². The van der Waals surface area contributed by atoms with Gasteiger partial charge in [0.1, 0.15) is 30.2 Å². The zero-order chi connectivity index (χ0) is 48.3. The van der Waals surface area contributed by atoms with Gasteiger partial charge in [0.2, 0.25) is 17.7 Å². The van der Waals surface area contributed by atoms with Crippen LogP contribution in [-0.4, -0.2) is 42.9 Å². The van der Waals surface area contributed by atoms with Gasteiger partial charge >= 0.3 is 13.8 Å². The highest BCUT2D eigenvalue weighted by molar-refractivity contribution is 7.48. The van der Waals surface area contributed by atoms with Crippen LogP contribution in [0.5, 0.6) is 11.5 Å². The molecular formula is C55H54N3O10P. The number of rotatable bonds is 24. The van der Waals surface area contributed by atoms with Crippen molar-refractivity contribution in [2.75, 3.05) is 7.11 Å². The average molecular weight is 948 g/mol. The van der Waals surface area contributed by atoms with Gasteiger partial charge in [-0.15, -0.1) is 0 Å². The third-order valence-corrected chi connectivity index (χ3v) is 12.4. The minimum atomic E-state index is -4.19. The molecule has 0 aliphatic carbocycles. The van der Waals surface area contributed by atoms with Gasteiger partial charge in [0.25, 0.3) is 0 Å². The van der Waals surface area contributed by atoms with Gasteiger partial charge in [-0.3, -0.25) is 28.2 Å². The Hall–Kier alpha value is -7.57. The van der Waals surface area contributed by atoms with E-state index in [1.165, 1.54) is 0 Å². The van der Waals surface area contributed by atoms with Crippen LogP contribution in [0.4, 0.5) is 0 Å². The monoisotopic (exact) mass is 947 g/mol. The number of methoxy groups -OCH3 is 1. The Morgan fingerprint density at radius 1 is 0.536 bits per heavy atom. The minimum Gasteiger partial charge on any atom is -0.497 e. The molecule has 7 aromatic carbocycles. The van der Waals surface area contributed by atoms with Gasteiger partial charge in [-0.2, -0.15) is 0 Å². The molecule has 3 N–H and O–H groups in total. The first-order chi connectivity index (χ1) is 33.6. The van der Waals surface area contributed by atoms with Gasteiger partial charge in [-0.25, -0.2) is 4.57 Å². The van der Waals surface area contributed by atoms with E-state index in [0.29, 0.717) is 11.3 Å². The number of benzene rings is 7. The maximum atomic E-state index is 14.5. The van der Waals surface area contributed by atoms with E-state index in [4.69, 9.17) is 23.0 Å². The third-order valence-electron chi connectivity index (χ3n) is 11.1. The second-order valence-corrected chi connectivity index (χ2v) is 17.7. The van der Waals surface area contributed by atoms with Crippen LogP contribution in [0.1, 0.15) is 46.2 Å². The molecule has 69 heavy (non-hydrogen) atoms. The molecule has 0 aromatic heterocycles. The molecule has 14 heteroatoms. The molecule has 7 aromatic rings. The van der Waals surface area contributed by atoms with E-state index in [9.17, 15) is 23.7 Å². The first-order valence-electron chi connectivity index (χ1n) is 22.5.